The third-order valence-corrected chi connectivity index (χ3v) is 4.34. The highest BCUT2D eigenvalue weighted by Gasteiger charge is 2.27. The summed E-state index contributed by atoms with van der Waals surface area (Å²) in [7, 11) is 0. The fourth-order valence-electron chi connectivity index (χ4n) is 2.95. The molecule has 2 N–H and O–H groups in total. The minimum absolute atomic E-state index is 0.105. The minimum atomic E-state index is 0.105. The van der Waals surface area contributed by atoms with Crippen LogP contribution in [0.5, 0.6) is 0 Å². The first kappa shape index (κ1) is 12.7. The van der Waals surface area contributed by atoms with E-state index in [-0.39, 0.29) is 6.04 Å². The highest BCUT2D eigenvalue weighted by Crippen LogP contribution is 2.37. The smallest absolute Gasteiger partial charge is 0.121 e. The summed E-state index contributed by atoms with van der Waals surface area (Å²) in [4.78, 5) is 0. The molecule has 0 amide bonds. The van der Waals surface area contributed by atoms with Gasteiger partial charge in [-0.1, -0.05) is 33.1 Å². The maximum absolute atomic E-state index is 6.33. The van der Waals surface area contributed by atoms with Gasteiger partial charge in [-0.15, -0.1) is 0 Å². The lowest BCUT2D eigenvalue weighted by Crippen LogP contribution is -2.25. The summed E-state index contributed by atoms with van der Waals surface area (Å²) in [5.41, 5.74) is 6.33. The molecule has 0 radical (unpaired) electrons. The molecule has 17 heavy (non-hydrogen) atoms. The van der Waals surface area contributed by atoms with E-state index < -0.39 is 0 Å². The standard InChI is InChI=1S/C15H25NO/c1-3-11-5-7-12(8-6-11)15(16)14-10-9-13(4-2)17-14/h9-12,15H,3-8,16H2,1-2H3. The number of nitrogens with two attached hydrogens (primary N) is 1. The third-order valence-electron chi connectivity index (χ3n) is 4.34. The second-order valence-electron chi connectivity index (χ2n) is 5.37. The van der Waals surface area contributed by atoms with Crippen LogP contribution in [0.4, 0.5) is 0 Å². The number of rotatable bonds is 4. The van der Waals surface area contributed by atoms with Crippen molar-refractivity contribution < 1.29 is 4.42 Å². The lowest BCUT2D eigenvalue weighted by Gasteiger charge is -2.30. The summed E-state index contributed by atoms with van der Waals surface area (Å²) in [5.74, 6) is 3.59. The van der Waals surface area contributed by atoms with Crippen molar-refractivity contribution in [2.75, 3.05) is 0 Å². The molecule has 0 saturated heterocycles. The quantitative estimate of drug-likeness (QED) is 0.854. The SMILES string of the molecule is CCc1ccc(C(N)C2CCC(CC)CC2)o1. The van der Waals surface area contributed by atoms with Crippen LogP contribution in [0.3, 0.4) is 0 Å². The molecule has 1 aliphatic carbocycles. The number of hydrogen-bond acceptors (Lipinski definition) is 2. The minimum Gasteiger partial charge on any atom is -0.464 e. The van der Waals surface area contributed by atoms with Crippen LogP contribution in [-0.2, 0) is 6.42 Å². The van der Waals surface area contributed by atoms with Crippen molar-refractivity contribution in [1.29, 1.82) is 0 Å². The number of aryl methyl sites for hydroxylation is 1. The van der Waals surface area contributed by atoms with Crippen molar-refractivity contribution >= 4 is 0 Å². The van der Waals surface area contributed by atoms with Crippen molar-refractivity contribution in [1.82, 2.24) is 0 Å². The van der Waals surface area contributed by atoms with Crippen molar-refractivity contribution in [3.63, 3.8) is 0 Å². The zero-order chi connectivity index (χ0) is 12.3. The average Bonchev–Trinajstić information content (AvgIpc) is 2.87. The molecule has 1 aromatic heterocycles. The second kappa shape index (κ2) is 5.72. The molecule has 2 nitrogen and oxygen atoms in total. The zero-order valence-corrected chi connectivity index (χ0v) is 11.1. The van der Waals surface area contributed by atoms with E-state index in [9.17, 15) is 0 Å². The van der Waals surface area contributed by atoms with E-state index >= 15 is 0 Å². The second-order valence-corrected chi connectivity index (χ2v) is 5.37. The van der Waals surface area contributed by atoms with Crippen LogP contribution in [0.15, 0.2) is 16.5 Å². The molecule has 1 fully saturated rings. The Morgan fingerprint density at radius 1 is 1.24 bits per heavy atom. The van der Waals surface area contributed by atoms with Gasteiger partial charge in [0, 0.05) is 6.42 Å². The molecular formula is C15H25NO. The van der Waals surface area contributed by atoms with Gasteiger partial charge in [0.05, 0.1) is 6.04 Å². The fraction of sp³-hybridized carbons (Fsp3) is 0.733. The third kappa shape index (κ3) is 2.92. The first-order valence-corrected chi connectivity index (χ1v) is 7.08. The van der Waals surface area contributed by atoms with E-state index in [0.717, 1.165) is 23.9 Å². The number of hydrogen-bond donors (Lipinski definition) is 1. The molecule has 96 valence electrons. The lowest BCUT2D eigenvalue weighted by atomic mass is 9.77. The molecule has 1 aliphatic rings. The van der Waals surface area contributed by atoms with E-state index in [2.05, 4.69) is 26.0 Å². The Hall–Kier alpha value is -0.760. The zero-order valence-electron chi connectivity index (χ0n) is 11.1. The molecule has 0 aliphatic heterocycles. The van der Waals surface area contributed by atoms with Crippen LogP contribution in [0, 0.1) is 11.8 Å². The lowest BCUT2D eigenvalue weighted by molar-refractivity contribution is 0.224. The molecule has 0 spiro atoms. The fourth-order valence-corrected chi connectivity index (χ4v) is 2.95. The van der Waals surface area contributed by atoms with Crippen LogP contribution in [-0.4, -0.2) is 0 Å². The van der Waals surface area contributed by atoms with Crippen LogP contribution in [0.1, 0.15) is 63.5 Å². The summed E-state index contributed by atoms with van der Waals surface area (Å²) in [6, 6.07) is 4.23. The summed E-state index contributed by atoms with van der Waals surface area (Å²) < 4.78 is 5.78. The van der Waals surface area contributed by atoms with E-state index in [0.29, 0.717) is 5.92 Å². The Labute approximate surface area is 105 Å². The van der Waals surface area contributed by atoms with Gasteiger partial charge >= 0.3 is 0 Å². The molecule has 1 saturated carbocycles. The maximum Gasteiger partial charge on any atom is 0.121 e. The Morgan fingerprint density at radius 3 is 2.47 bits per heavy atom. The predicted molar refractivity (Wildman–Crippen MR) is 70.8 cm³/mol. The van der Waals surface area contributed by atoms with E-state index in [4.69, 9.17) is 10.2 Å². The van der Waals surface area contributed by atoms with Gasteiger partial charge in [0.25, 0.3) is 0 Å². The Morgan fingerprint density at radius 2 is 1.94 bits per heavy atom. The summed E-state index contributed by atoms with van der Waals surface area (Å²) in [5, 5.41) is 0. The Kier molecular flexibility index (Phi) is 4.27. The van der Waals surface area contributed by atoms with Gasteiger partial charge in [0.1, 0.15) is 11.5 Å². The molecule has 0 aromatic carbocycles. The Balaban J connectivity index is 1.94. The summed E-state index contributed by atoms with van der Waals surface area (Å²) in [6.07, 6.45) is 7.49. The first-order valence-electron chi connectivity index (χ1n) is 7.08. The number of furan rings is 1. The Bertz CT molecular complexity index is 336. The van der Waals surface area contributed by atoms with Gasteiger partial charge in [-0.3, -0.25) is 0 Å². The largest absolute Gasteiger partial charge is 0.464 e. The van der Waals surface area contributed by atoms with Crippen LogP contribution >= 0.6 is 0 Å². The average molecular weight is 235 g/mol. The highest BCUT2D eigenvalue weighted by molar-refractivity contribution is 5.11. The molecule has 1 atom stereocenters. The van der Waals surface area contributed by atoms with E-state index in [1.54, 1.807) is 0 Å². The molecule has 0 bridgehead atoms. The van der Waals surface area contributed by atoms with E-state index in [1.165, 1.54) is 32.1 Å². The van der Waals surface area contributed by atoms with Crippen LogP contribution in [0.2, 0.25) is 0 Å². The van der Waals surface area contributed by atoms with Crippen molar-refractivity contribution in [2.45, 2.75) is 58.4 Å². The first-order chi connectivity index (χ1) is 8.24. The van der Waals surface area contributed by atoms with Gasteiger partial charge in [0.2, 0.25) is 0 Å². The molecule has 1 unspecified atom stereocenters. The maximum atomic E-state index is 6.33. The van der Waals surface area contributed by atoms with Gasteiger partial charge in [0.15, 0.2) is 0 Å². The van der Waals surface area contributed by atoms with Gasteiger partial charge in [-0.05, 0) is 36.8 Å². The van der Waals surface area contributed by atoms with Crippen LogP contribution < -0.4 is 5.73 Å². The molecule has 1 heterocycles. The predicted octanol–water partition coefficient (Wildman–Crippen LogP) is 4.06. The summed E-state index contributed by atoms with van der Waals surface area (Å²) >= 11 is 0. The topological polar surface area (TPSA) is 39.2 Å². The summed E-state index contributed by atoms with van der Waals surface area (Å²) in [6.45, 7) is 4.41. The van der Waals surface area contributed by atoms with Gasteiger partial charge in [-0.2, -0.15) is 0 Å². The van der Waals surface area contributed by atoms with Crippen molar-refractivity contribution in [3.8, 4) is 0 Å². The molecular weight excluding hydrogens is 210 g/mol. The van der Waals surface area contributed by atoms with Gasteiger partial charge in [-0.25, -0.2) is 0 Å². The van der Waals surface area contributed by atoms with Gasteiger partial charge < -0.3 is 10.2 Å². The monoisotopic (exact) mass is 235 g/mol. The highest BCUT2D eigenvalue weighted by atomic mass is 16.3. The molecule has 2 rings (SSSR count). The normalized spacial score (nSPS) is 27.0. The van der Waals surface area contributed by atoms with E-state index in [1.807, 2.05) is 0 Å². The van der Waals surface area contributed by atoms with Crippen molar-refractivity contribution in [2.24, 2.45) is 17.6 Å². The molecule has 2 heteroatoms. The molecule has 1 aromatic rings. The van der Waals surface area contributed by atoms with Crippen molar-refractivity contribution in [3.05, 3.63) is 23.7 Å². The van der Waals surface area contributed by atoms with Crippen LogP contribution in [0.25, 0.3) is 0 Å².